The Morgan fingerprint density at radius 2 is 2.10 bits per heavy atom. The maximum absolute atomic E-state index is 11.4. The standard InChI is InChI=1S/C16H23NO3S/c18-21(19)11-8-14(12-21)17-9-10-20-16-7-3-5-13-4-1-2-6-15(13)16/h1-2,4,6,14,16-17H,3,5,7-12H2. The number of hydrogen-bond donors (Lipinski definition) is 1. The molecule has 2 unspecified atom stereocenters. The molecule has 1 fully saturated rings. The summed E-state index contributed by atoms with van der Waals surface area (Å²) < 4.78 is 28.8. The summed E-state index contributed by atoms with van der Waals surface area (Å²) in [4.78, 5) is 0. The quantitative estimate of drug-likeness (QED) is 0.844. The van der Waals surface area contributed by atoms with Crippen LogP contribution in [0.25, 0.3) is 0 Å². The van der Waals surface area contributed by atoms with E-state index in [1.54, 1.807) is 0 Å². The van der Waals surface area contributed by atoms with Crippen molar-refractivity contribution in [3.63, 3.8) is 0 Å². The summed E-state index contributed by atoms with van der Waals surface area (Å²) in [7, 11) is -2.80. The van der Waals surface area contributed by atoms with Crippen molar-refractivity contribution < 1.29 is 13.2 Å². The molecule has 0 radical (unpaired) electrons. The molecule has 21 heavy (non-hydrogen) atoms. The Morgan fingerprint density at radius 1 is 1.24 bits per heavy atom. The summed E-state index contributed by atoms with van der Waals surface area (Å²) in [6, 6.07) is 8.62. The van der Waals surface area contributed by atoms with Gasteiger partial charge in [0.25, 0.3) is 0 Å². The lowest BCUT2D eigenvalue weighted by Crippen LogP contribution is -2.33. The summed E-state index contributed by atoms with van der Waals surface area (Å²) in [5.41, 5.74) is 2.73. The van der Waals surface area contributed by atoms with E-state index in [1.807, 2.05) is 0 Å². The van der Waals surface area contributed by atoms with Crippen LogP contribution in [0.15, 0.2) is 24.3 Å². The Bertz CT molecular complexity index is 585. The molecule has 0 amide bonds. The number of fused-ring (bicyclic) bond motifs is 1. The highest BCUT2D eigenvalue weighted by molar-refractivity contribution is 7.91. The van der Waals surface area contributed by atoms with Gasteiger partial charge in [-0.15, -0.1) is 0 Å². The van der Waals surface area contributed by atoms with Crippen LogP contribution < -0.4 is 5.32 Å². The number of aryl methyl sites for hydroxylation is 1. The third-order valence-electron chi connectivity index (χ3n) is 4.40. The van der Waals surface area contributed by atoms with Crippen molar-refractivity contribution in [1.29, 1.82) is 0 Å². The van der Waals surface area contributed by atoms with Crippen molar-refractivity contribution in [2.24, 2.45) is 0 Å². The van der Waals surface area contributed by atoms with Gasteiger partial charge in [-0.3, -0.25) is 0 Å². The van der Waals surface area contributed by atoms with E-state index in [9.17, 15) is 8.42 Å². The molecular formula is C16H23NO3S. The summed E-state index contributed by atoms with van der Waals surface area (Å²) in [5.74, 6) is 0.598. The molecule has 2 aliphatic rings. The van der Waals surface area contributed by atoms with E-state index in [0.29, 0.717) is 12.4 Å². The zero-order chi connectivity index (χ0) is 14.7. The highest BCUT2D eigenvalue weighted by Gasteiger charge is 2.27. The van der Waals surface area contributed by atoms with Crippen LogP contribution in [0.2, 0.25) is 0 Å². The molecule has 2 atom stereocenters. The topological polar surface area (TPSA) is 55.4 Å². The molecule has 0 bridgehead atoms. The van der Waals surface area contributed by atoms with Gasteiger partial charge in [0.2, 0.25) is 0 Å². The predicted molar refractivity (Wildman–Crippen MR) is 83.1 cm³/mol. The van der Waals surface area contributed by atoms with Gasteiger partial charge in [0.15, 0.2) is 9.84 Å². The molecule has 1 aromatic rings. The van der Waals surface area contributed by atoms with Gasteiger partial charge < -0.3 is 10.1 Å². The Morgan fingerprint density at radius 3 is 2.90 bits per heavy atom. The lowest BCUT2D eigenvalue weighted by Gasteiger charge is -2.26. The molecule has 0 spiro atoms. The Hall–Kier alpha value is -0.910. The lowest BCUT2D eigenvalue weighted by atomic mass is 9.89. The monoisotopic (exact) mass is 309 g/mol. The first-order valence-electron chi connectivity index (χ1n) is 7.77. The molecule has 1 saturated heterocycles. The van der Waals surface area contributed by atoms with Gasteiger partial charge in [0.1, 0.15) is 0 Å². The van der Waals surface area contributed by atoms with Gasteiger partial charge >= 0.3 is 0 Å². The van der Waals surface area contributed by atoms with Crippen LogP contribution in [-0.2, 0) is 21.0 Å². The third kappa shape index (κ3) is 3.84. The molecule has 1 aliphatic heterocycles. The van der Waals surface area contributed by atoms with E-state index in [4.69, 9.17) is 4.74 Å². The minimum atomic E-state index is -2.80. The zero-order valence-corrected chi connectivity index (χ0v) is 13.1. The van der Waals surface area contributed by atoms with Crippen molar-refractivity contribution in [3.05, 3.63) is 35.4 Å². The van der Waals surface area contributed by atoms with E-state index < -0.39 is 9.84 Å². The van der Waals surface area contributed by atoms with Gasteiger partial charge in [0.05, 0.1) is 24.2 Å². The molecule has 1 aliphatic carbocycles. The fourth-order valence-corrected chi connectivity index (χ4v) is 5.01. The van der Waals surface area contributed by atoms with E-state index in [-0.39, 0.29) is 17.9 Å². The van der Waals surface area contributed by atoms with Crippen LogP contribution in [0.5, 0.6) is 0 Å². The second-order valence-electron chi connectivity index (χ2n) is 6.00. The molecule has 3 rings (SSSR count). The van der Waals surface area contributed by atoms with Crippen molar-refractivity contribution in [2.75, 3.05) is 24.7 Å². The van der Waals surface area contributed by atoms with E-state index >= 15 is 0 Å². The van der Waals surface area contributed by atoms with Crippen LogP contribution in [0.1, 0.15) is 36.5 Å². The molecule has 5 heteroatoms. The highest BCUT2D eigenvalue weighted by Crippen LogP contribution is 2.31. The summed E-state index contributed by atoms with van der Waals surface area (Å²) >= 11 is 0. The zero-order valence-electron chi connectivity index (χ0n) is 12.3. The Balaban J connectivity index is 1.44. The Labute approximate surface area is 126 Å². The van der Waals surface area contributed by atoms with E-state index in [0.717, 1.165) is 25.8 Å². The molecule has 4 nitrogen and oxygen atoms in total. The van der Waals surface area contributed by atoms with Crippen molar-refractivity contribution in [1.82, 2.24) is 5.32 Å². The first-order valence-corrected chi connectivity index (χ1v) is 9.59. The van der Waals surface area contributed by atoms with E-state index in [1.165, 1.54) is 17.5 Å². The van der Waals surface area contributed by atoms with Gasteiger partial charge in [0, 0.05) is 12.6 Å². The van der Waals surface area contributed by atoms with Gasteiger partial charge in [-0.2, -0.15) is 0 Å². The molecule has 1 aromatic carbocycles. The SMILES string of the molecule is O=S1(=O)CCC(NCCOC2CCCc3ccccc32)C1. The molecule has 1 N–H and O–H groups in total. The lowest BCUT2D eigenvalue weighted by molar-refractivity contribution is 0.0418. The van der Waals surface area contributed by atoms with E-state index in [2.05, 4.69) is 29.6 Å². The van der Waals surface area contributed by atoms with Crippen LogP contribution in [0.4, 0.5) is 0 Å². The maximum atomic E-state index is 11.4. The number of benzene rings is 1. The molecule has 1 heterocycles. The molecule has 0 aromatic heterocycles. The minimum Gasteiger partial charge on any atom is -0.372 e. The summed E-state index contributed by atoms with van der Waals surface area (Å²) in [6.07, 6.45) is 4.33. The second kappa shape index (κ2) is 6.46. The average Bonchev–Trinajstić information content (AvgIpc) is 2.83. The number of ether oxygens (including phenoxy) is 1. The van der Waals surface area contributed by atoms with Crippen LogP contribution in [-0.4, -0.2) is 39.1 Å². The first kappa shape index (κ1) is 15.0. The van der Waals surface area contributed by atoms with Gasteiger partial charge in [-0.25, -0.2) is 8.42 Å². The molecular weight excluding hydrogens is 286 g/mol. The summed E-state index contributed by atoms with van der Waals surface area (Å²) in [5, 5.41) is 3.30. The van der Waals surface area contributed by atoms with Crippen molar-refractivity contribution in [3.8, 4) is 0 Å². The maximum Gasteiger partial charge on any atom is 0.151 e. The average molecular weight is 309 g/mol. The smallest absolute Gasteiger partial charge is 0.151 e. The van der Waals surface area contributed by atoms with Crippen molar-refractivity contribution >= 4 is 9.84 Å². The fraction of sp³-hybridized carbons (Fsp3) is 0.625. The molecule has 116 valence electrons. The number of hydrogen-bond acceptors (Lipinski definition) is 4. The number of sulfone groups is 1. The summed E-state index contributed by atoms with van der Waals surface area (Å²) in [6.45, 7) is 1.36. The largest absolute Gasteiger partial charge is 0.372 e. The van der Waals surface area contributed by atoms with Crippen LogP contribution >= 0.6 is 0 Å². The fourth-order valence-electron chi connectivity index (χ4n) is 3.30. The van der Waals surface area contributed by atoms with Crippen LogP contribution in [0.3, 0.4) is 0 Å². The number of rotatable bonds is 5. The predicted octanol–water partition coefficient (Wildman–Crippen LogP) is 1.86. The van der Waals surface area contributed by atoms with Gasteiger partial charge in [-0.05, 0) is 36.8 Å². The molecule has 0 saturated carbocycles. The highest BCUT2D eigenvalue weighted by atomic mass is 32.2. The van der Waals surface area contributed by atoms with Crippen LogP contribution in [0, 0.1) is 0 Å². The number of nitrogens with one attached hydrogen (secondary N) is 1. The Kier molecular flexibility index (Phi) is 4.62. The minimum absolute atomic E-state index is 0.109. The van der Waals surface area contributed by atoms with Crippen molar-refractivity contribution in [2.45, 2.75) is 37.8 Å². The third-order valence-corrected chi connectivity index (χ3v) is 6.17. The van der Waals surface area contributed by atoms with Gasteiger partial charge in [-0.1, -0.05) is 24.3 Å². The normalized spacial score (nSPS) is 27.4. The second-order valence-corrected chi connectivity index (χ2v) is 8.23. The first-order chi connectivity index (χ1) is 10.1.